The Morgan fingerprint density at radius 1 is 1.15 bits per heavy atom. The highest BCUT2D eigenvalue weighted by Crippen LogP contribution is 2.42. The number of halogens is 2. The molecule has 2 fully saturated rings. The fraction of sp³-hybridized carbons (Fsp3) is 0.429. The van der Waals surface area contributed by atoms with Crippen molar-refractivity contribution in [3.05, 3.63) is 29.8 Å². The molecule has 1 saturated carbocycles. The van der Waals surface area contributed by atoms with Gasteiger partial charge >= 0.3 is 6.03 Å². The zero-order valence-electron chi connectivity index (χ0n) is 10.8. The molecular formula is C14H14F2N2O2. The lowest BCUT2D eigenvalue weighted by Crippen LogP contribution is -2.60. The zero-order valence-corrected chi connectivity index (χ0v) is 10.8. The van der Waals surface area contributed by atoms with Crippen LogP contribution in [0.5, 0.6) is 0 Å². The normalized spacial score (nSPS) is 21.4. The maximum absolute atomic E-state index is 13.8. The van der Waals surface area contributed by atoms with Crippen LogP contribution in [0, 0.1) is 17.0 Å². The minimum atomic E-state index is -0.913. The summed E-state index contributed by atoms with van der Waals surface area (Å²) in [6.07, 6.45) is 3.21. The molecule has 1 aromatic rings. The fourth-order valence-electron chi connectivity index (χ4n) is 3.05. The summed E-state index contributed by atoms with van der Waals surface area (Å²) in [5, 5.41) is 2.64. The molecule has 106 valence electrons. The third-order valence-corrected chi connectivity index (χ3v) is 4.15. The van der Waals surface area contributed by atoms with Crippen molar-refractivity contribution in [2.45, 2.75) is 25.7 Å². The number of urea groups is 1. The molecule has 1 aromatic carbocycles. The van der Waals surface area contributed by atoms with E-state index >= 15 is 0 Å². The first-order chi connectivity index (χ1) is 9.53. The van der Waals surface area contributed by atoms with Crippen LogP contribution in [0.15, 0.2) is 18.2 Å². The van der Waals surface area contributed by atoms with Crippen molar-refractivity contribution >= 4 is 17.6 Å². The molecule has 0 radical (unpaired) electrons. The van der Waals surface area contributed by atoms with Gasteiger partial charge in [-0.3, -0.25) is 4.79 Å². The molecule has 1 N–H and O–H groups in total. The van der Waals surface area contributed by atoms with E-state index in [-0.39, 0.29) is 11.6 Å². The molecule has 0 bridgehead atoms. The van der Waals surface area contributed by atoms with Gasteiger partial charge in [0.2, 0.25) is 5.91 Å². The smallest absolute Gasteiger partial charge is 0.328 e. The van der Waals surface area contributed by atoms with Crippen LogP contribution in [0.4, 0.5) is 19.3 Å². The molecule has 0 aromatic heterocycles. The number of nitrogens with one attached hydrogen (secondary N) is 1. The van der Waals surface area contributed by atoms with Gasteiger partial charge in [0.05, 0.1) is 11.1 Å². The molecule has 6 heteroatoms. The zero-order chi connectivity index (χ0) is 14.3. The van der Waals surface area contributed by atoms with Gasteiger partial charge in [-0.2, -0.15) is 0 Å². The number of rotatable bonds is 1. The van der Waals surface area contributed by atoms with E-state index in [2.05, 4.69) is 5.32 Å². The monoisotopic (exact) mass is 280 g/mol. The lowest BCUT2D eigenvalue weighted by atomic mass is 9.83. The van der Waals surface area contributed by atoms with Crippen LogP contribution >= 0.6 is 0 Å². The molecule has 1 saturated heterocycles. The number of carbonyl (C=O) groups is 2. The molecule has 1 aliphatic heterocycles. The summed E-state index contributed by atoms with van der Waals surface area (Å²) in [6, 6.07) is 2.18. The van der Waals surface area contributed by atoms with Gasteiger partial charge in [-0.25, -0.2) is 18.5 Å². The third kappa shape index (κ3) is 1.87. The summed E-state index contributed by atoms with van der Waals surface area (Å²) < 4.78 is 26.8. The summed E-state index contributed by atoms with van der Waals surface area (Å²) in [6.45, 7) is 0.296. The minimum Gasteiger partial charge on any atom is -0.336 e. The van der Waals surface area contributed by atoms with Crippen molar-refractivity contribution in [3.8, 4) is 0 Å². The summed E-state index contributed by atoms with van der Waals surface area (Å²) in [7, 11) is 0. The van der Waals surface area contributed by atoms with Crippen molar-refractivity contribution in [1.29, 1.82) is 0 Å². The van der Waals surface area contributed by atoms with Crippen LogP contribution in [-0.4, -0.2) is 18.5 Å². The number of amides is 3. The maximum Gasteiger partial charge on any atom is 0.328 e. The van der Waals surface area contributed by atoms with Crippen molar-refractivity contribution in [2.75, 3.05) is 11.4 Å². The van der Waals surface area contributed by atoms with Gasteiger partial charge in [-0.15, -0.1) is 0 Å². The van der Waals surface area contributed by atoms with Crippen LogP contribution in [-0.2, 0) is 4.79 Å². The second-order valence-corrected chi connectivity index (χ2v) is 5.38. The second-order valence-electron chi connectivity index (χ2n) is 5.38. The topological polar surface area (TPSA) is 49.4 Å². The third-order valence-electron chi connectivity index (χ3n) is 4.15. The average Bonchev–Trinajstić information content (AvgIpc) is 2.87. The number of hydrogen-bond acceptors (Lipinski definition) is 2. The van der Waals surface area contributed by atoms with E-state index in [0.29, 0.717) is 25.5 Å². The molecule has 3 rings (SSSR count). The molecule has 1 spiro atoms. The van der Waals surface area contributed by atoms with E-state index in [4.69, 9.17) is 0 Å². The first-order valence-electron chi connectivity index (χ1n) is 6.61. The van der Waals surface area contributed by atoms with E-state index in [1.165, 1.54) is 0 Å². The van der Waals surface area contributed by atoms with Crippen LogP contribution in [0.1, 0.15) is 25.7 Å². The number of imide groups is 1. The predicted molar refractivity (Wildman–Crippen MR) is 68.1 cm³/mol. The van der Waals surface area contributed by atoms with Crippen LogP contribution < -0.4 is 10.2 Å². The van der Waals surface area contributed by atoms with Gasteiger partial charge < -0.3 is 5.32 Å². The largest absolute Gasteiger partial charge is 0.336 e. The van der Waals surface area contributed by atoms with Crippen LogP contribution in [0.3, 0.4) is 0 Å². The molecule has 3 amide bonds. The van der Waals surface area contributed by atoms with Crippen LogP contribution in [0.25, 0.3) is 0 Å². The van der Waals surface area contributed by atoms with Gasteiger partial charge in [0.15, 0.2) is 0 Å². The molecule has 1 heterocycles. The van der Waals surface area contributed by atoms with Gasteiger partial charge in [0.25, 0.3) is 0 Å². The van der Waals surface area contributed by atoms with Gasteiger partial charge in [0, 0.05) is 12.6 Å². The summed E-state index contributed by atoms with van der Waals surface area (Å²) in [5.41, 5.74) is -0.825. The molecule has 0 unspecified atom stereocenters. The highest BCUT2D eigenvalue weighted by atomic mass is 19.1. The molecule has 4 nitrogen and oxygen atoms in total. The lowest BCUT2D eigenvalue weighted by Gasteiger charge is -2.38. The lowest BCUT2D eigenvalue weighted by molar-refractivity contribution is -0.127. The Hall–Kier alpha value is -1.98. The van der Waals surface area contributed by atoms with Gasteiger partial charge in [-0.05, 0) is 25.0 Å². The quantitative estimate of drug-likeness (QED) is 0.859. The Labute approximate surface area is 114 Å². The highest BCUT2D eigenvalue weighted by molar-refractivity contribution is 6.18. The molecule has 1 aliphatic carbocycles. The standard InChI is InChI=1S/C14H14F2N2O2/c15-9-3-4-11(10(16)7-9)18-12(19)14(5-1-2-6-14)8-17-13(18)20/h3-4,7H,1-2,5-6,8H2,(H,17,20). The van der Waals surface area contributed by atoms with Gasteiger partial charge in [0.1, 0.15) is 11.6 Å². The summed E-state index contributed by atoms with van der Waals surface area (Å²) >= 11 is 0. The van der Waals surface area contributed by atoms with E-state index in [1.807, 2.05) is 0 Å². The van der Waals surface area contributed by atoms with Crippen molar-refractivity contribution in [1.82, 2.24) is 5.32 Å². The van der Waals surface area contributed by atoms with E-state index in [9.17, 15) is 18.4 Å². The summed E-state index contributed by atoms with van der Waals surface area (Å²) in [5.74, 6) is -2.04. The molecule has 20 heavy (non-hydrogen) atoms. The number of anilines is 1. The minimum absolute atomic E-state index is 0.195. The number of benzene rings is 1. The van der Waals surface area contributed by atoms with Crippen molar-refractivity contribution < 1.29 is 18.4 Å². The number of nitrogens with zero attached hydrogens (tertiary/aromatic N) is 1. The summed E-state index contributed by atoms with van der Waals surface area (Å²) in [4.78, 5) is 25.3. The average molecular weight is 280 g/mol. The van der Waals surface area contributed by atoms with Crippen molar-refractivity contribution in [3.63, 3.8) is 0 Å². The van der Waals surface area contributed by atoms with Gasteiger partial charge in [-0.1, -0.05) is 12.8 Å². The SMILES string of the molecule is O=C1NCC2(CCCC2)C(=O)N1c1ccc(F)cc1F. The van der Waals surface area contributed by atoms with E-state index < -0.39 is 23.1 Å². The van der Waals surface area contributed by atoms with E-state index in [0.717, 1.165) is 29.9 Å². The Bertz CT molecular complexity index is 583. The molecule has 2 aliphatic rings. The number of hydrogen-bond donors (Lipinski definition) is 1. The number of carbonyl (C=O) groups excluding carboxylic acids is 2. The second kappa shape index (κ2) is 4.54. The Morgan fingerprint density at radius 3 is 2.50 bits per heavy atom. The first-order valence-corrected chi connectivity index (χ1v) is 6.61. The predicted octanol–water partition coefficient (Wildman–Crippen LogP) is 2.58. The Balaban J connectivity index is 2.01. The van der Waals surface area contributed by atoms with Crippen molar-refractivity contribution in [2.24, 2.45) is 5.41 Å². The first kappa shape index (κ1) is 13.0. The van der Waals surface area contributed by atoms with Crippen LogP contribution in [0.2, 0.25) is 0 Å². The Kier molecular flexibility index (Phi) is 2.96. The Morgan fingerprint density at radius 2 is 1.85 bits per heavy atom. The highest BCUT2D eigenvalue weighted by Gasteiger charge is 2.49. The molecule has 0 atom stereocenters. The fourth-order valence-corrected chi connectivity index (χ4v) is 3.05. The van der Waals surface area contributed by atoms with E-state index in [1.54, 1.807) is 0 Å². The molecular weight excluding hydrogens is 266 g/mol. The maximum atomic E-state index is 13.8.